The van der Waals surface area contributed by atoms with Crippen molar-refractivity contribution in [3.8, 4) is 0 Å². The lowest BCUT2D eigenvalue weighted by Crippen LogP contribution is -2.28. The van der Waals surface area contributed by atoms with Gasteiger partial charge in [0.05, 0.1) is 6.61 Å². The molecule has 0 heterocycles. The van der Waals surface area contributed by atoms with Gasteiger partial charge in [-0.25, -0.2) is 0 Å². The van der Waals surface area contributed by atoms with Gasteiger partial charge in [-0.15, -0.1) is 0 Å². The number of aliphatic hydroxyl groups is 1. The Balaban J connectivity index is 3.47. The SMILES string of the molecule is CC/C=C\C/C=C\C/C=C\C/C=C\C/C=C\C/C=C\C/C=C\CCCCCCCCCCCCCCCCCC(=O)OC(CO)COC(=O)CCCCCCCC. The third-order valence-corrected chi connectivity index (χ3v) is 9.95. The van der Waals surface area contributed by atoms with Crippen LogP contribution in [-0.4, -0.2) is 36.4 Å². The van der Waals surface area contributed by atoms with Gasteiger partial charge in [0.25, 0.3) is 0 Å². The standard InChI is InChI=1S/C52H88O5/c1-3-5-7-9-11-12-13-14-15-16-17-18-19-20-21-22-23-24-25-26-27-28-29-30-31-32-33-34-35-36-37-38-39-40-41-43-45-47-52(55)57-50(48-53)49-56-51(54)46-44-42-10-8-6-4-2/h5,7,11-12,14-15,17-18,20-21,23-24,26-27,50,53H,3-4,6,8-10,13,16,19,22,25,28-49H2,1-2H3/b7-5-,12-11-,15-14-,18-17-,21-20-,24-23-,27-26-. The van der Waals surface area contributed by atoms with E-state index in [4.69, 9.17) is 9.47 Å². The number of aliphatic hydroxyl groups excluding tert-OH is 1. The van der Waals surface area contributed by atoms with Crippen molar-refractivity contribution < 1.29 is 24.2 Å². The summed E-state index contributed by atoms with van der Waals surface area (Å²) in [6, 6.07) is 0. The second kappa shape index (κ2) is 47.5. The van der Waals surface area contributed by atoms with Crippen LogP contribution in [-0.2, 0) is 19.1 Å². The van der Waals surface area contributed by atoms with Gasteiger partial charge >= 0.3 is 11.9 Å². The molecule has 0 aliphatic rings. The Hall–Kier alpha value is -2.92. The molecule has 5 nitrogen and oxygen atoms in total. The zero-order chi connectivity index (χ0) is 41.4. The monoisotopic (exact) mass is 793 g/mol. The molecule has 0 saturated heterocycles. The molecule has 0 radical (unpaired) electrons. The molecule has 0 aromatic carbocycles. The van der Waals surface area contributed by atoms with Crippen molar-refractivity contribution in [3.63, 3.8) is 0 Å². The summed E-state index contributed by atoms with van der Waals surface area (Å²) in [5.74, 6) is -0.601. The molecule has 0 aromatic rings. The van der Waals surface area contributed by atoms with E-state index in [1.165, 1.54) is 103 Å². The predicted octanol–water partition coefficient (Wildman–Crippen LogP) is 15.5. The van der Waals surface area contributed by atoms with Gasteiger partial charge < -0.3 is 14.6 Å². The lowest BCUT2D eigenvalue weighted by Gasteiger charge is -2.15. The molecule has 1 atom stereocenters. The van der Waals surface area contributed by atoms with E-state index in [9.17, 15) is 14.7 Å². The van der Waals surface area contributed by atoms with E-state index in [-0.39, 0.29) is 25.2 Å². The summed E-state index contributed by atoms with van der Waals surface area (Å²) in [5.41, 5.74) is 0. The maximum Gasteiger partial charge on any atom is 0.306 e. The number of ether oxygens (including phenoxy) is 2. The number of hydrogen-bond acceptors (Lipinski definition) is 5. The smallest absolute Gasteiger partial charge is 0.306 e. The topological polar surface area (TPSA) is 72.8 Å². The van der Waals surface area contributed by atoms with Crippen molar-refractivity contribution in [2.24, 2.45) is 0 Å². The van der Waals surface area contributed by atoms with Crippen molar-refractivity contribution in [2.75, 3.05) is 13.2 Å². The number of carbonyl (C=O) groups excluding carboxylic acids is 2. The van der Waals surface area contributed by atoms with Gasteiger partial charge in [0.2, 0.25) is 0 Å². The number of esters is 2. The van der Waals surface area contributed by atoms with E-state index >= 15 is 0 Å². The predicted molar refractivity (Wildman–Crippen MR) is 246 cm³/mol. The molecule has 0 aliphatic carbocycles. The highest BCUT2D eigenvalue weighted by Gasteiger charge is 2.16. The van der Waals surface area contributed by atoms with E-state index in [0.717, 1.165) is 83.5 Å². The van der Waals surface area contributed by atoms with Gasteiger partial charge in [0.1, 0.15) is 6.61 Å². The second-order valence-corrected chi connectivity index (χ2v) is 15.5. The Bertz CT molecular complexity index is 1080. The number of rotatable bonds is 42. The third-order valence-electron chi connectivity index (χ3n) is 9.95. The molecule has 0 amide bonds. The fraction of sp³-hybridized carbons (Fsp3) is 0.692. The fourth-order valence-electron chi connectivity index (χ4n) is 6.42. The number of carbonyl (C=O) groups is 2. The Labute approximate surface area is 352 Å². The molecule has 0 fully saturated rings. The molecule has 0 rings (SSSR count). The van der Waals surface area contributed by atoms with Crippen molar-refractivity contribution >= 4 is 11.9 Å². The molecule has 0 aromatic heterocycles. The average Bonchev–Trinajstić information content (AvgIpc) is 3.21. The quantitative estimate of drug-likeness (QED) is 0.0379. The normalized spacial score (nSPS) is 13.0. The van der Waals surface area contributed by atoms with E-state index in [2.05, 4.69) is 98.9 Å². The Kier molecular flexibility index (Phi) is 45.0. The molecule has 1 unspecified atom stereocenters. The first-order chi connectivity index (χ1) is 28.1. The van der Waals surface area contributed by atoms with Crippen LogP contribution >= 0.6 is 0 Å². The third kappa shape index (κ3) is 45.7. The lowest BCUT2D eigenvalue weighted by atomic mass is 10.0. The summed E-state index contributed by atoms with van der Waals surface area (Å²) in [4.78, 5) is 24.1. The summed E-state index contributed by atoms with van der Waals surface area (Å²) in [6.07, 6.45) is 65.7. The van der Waals surface area contributed by atoms with Crippen LogP contribution in [0.1, 0.15) is 213 Å². The van der Waals surface area contributed by atoms with Gasteiger partial charge in [-0.1, -0.05) is 214 Å². The van der Waals surface area contributed by atoms with E-state index in [1.807, 2.05) is 0 Å². The van der Waals surface area contributed by atoms with Crippen molar-refractivity contribution in [3.05, 3.63) is 85.1 Å². The van der Waals surface area contributed by atoms with E-state index in [1.54, 1.807) is 0 Å². The van der Waals surface area contributed by atoms with Gasteiger partial charge in [-0.2, -0.15) is 0 Å². The first kappa shape index (κ1) is 54.1. The summed E-state index contributed by atoms with van der Waals surface area (Å²) in [5, 5.41) is 9.51. The molecule has 0 aliphatic heterocycles. The summed E-state index contributed by atoms with van der Waals surface area (Å²) < 4.78 is 10.5. The summed E-state index contributed by atoms with van der Waals surface area (Å²) in [7, 11) is 0. The summed E-state index contributed by atoms with van der Waals surface area (Å²) in [6.45, 7) is 3.95. The van der Waals surface area contributed by atoms with Crippen LogP contribution in [0.25, 0.3) is 0 Å². The first-order valence-electron chi connectivity index (χ1n) is 23.6. The van der Waals surface area contributed by atoms with Crippen molar-refractivity contribution in [1.82, 2.24) is 0 Å². The Morgan fingerprint density at radius 3 is 1.14 bits per heavy atom. The van der Waals surface area contributed by atoms with Crippen LogP contribution in [0.2, 0.25) is 0 Å². The molecular weight excluding hydrogens is 705 g/mol. The maximum absolute atomic E-state index is 12.2. The summed E-state index contributed by atoms with van der Waals surface area (Å²) >= 11 is 0. The van der Waals surface area contributed by atoms with Gasteiger partial charge in [0.15, 0.2) is 6.10 Å². The minimum atomic E-state index is -0.769. The van der Waals surface area contributed by atoms with Gasteiger partial charge in [-0.3, -0.25) is 9.59 Å². The van der Waals surface area contributed by atoms with Gasteiger partial charge in [-0.05, 0) is 70.6 Å². The molecule has 0 spiro atoms. The lowest BCUT2D eigenvalue weighted by molar-refractivity contribution is -0.161. The van der Waals surface area contributed by atoms with Crippen LogP contribution < -0.4 is 0 Å². The number of unbranched alkanes of at least 4 members (excludes halogenated alkanes) is 20. The van der Waals surface area contributed by atoms with Crippen molar-refractivity contribution in [2.45, 2.75) is 219 Å². The van der Waals surface area contributed by atoms with Crippen LogP contribution in [0.5, 0.6) is 0 Å². The van der Waals surface area contributed by atoms with Crippen LogP contribution in [0.15, 0.2) is 85.1 Å². The first-order valence-corrected chi connectivity index (χ1v) is 23.6. The Morgan fingerprint density at radius 1 is 0.421 bits per heavy atom. The zero-order valence-corrected chi connectivity index (χ0v) is 37.1. The minimum absolute atomic E-state index is 0.0668. The molecule has 1 N–H and O–H groups in total. The highest BCUT2D eigenvalue weighted by atomic mass is 16.6. The number of allylic oxidation sites excluding steroid dienone is 14. The zero-order valence-electron chi connectivity index (χ0n) is 37.1. The molecule has 57 heavy (non-hydrogen) atoms. The van der Waals surface area contributed by atoms with Gasteiger partial charge in [0, 0.05) is 12.8 Å². The van der Waals surface area contributed by atoms with Crippen LogP contribution in [0.4, 0.5) is 0 Å². The van der Waals surface area contributed by atoms with Crippen LogP contribution in [0.3, 0.4) is 0 Å². The minimum Gasteiger partial charge on any atom is -0.462 e. The molecule has 0 bridgehead atoms. The molecular formula is C52H88O5. The van der Waals surface area contributed by atoms with Crippen LogP contribution in [0, 0.1) is 0 Å². The largest absolute Gasteiger partial charge is 0.462 e. The maximum atomic E-state index is 12.2. The Morgan fingerprint density at radius 2 is 0.754 bits per heavy atom. The van der Waals surface area contributed by atoms with E-state index < -0.39 is 6.10 Å². The highest BCUT2D eigenvalue weighted by Crippen LogP contribution is 2.15. The molecule has 326 valence electrons. The molecule has 0 saturated carbocycles. The fourth-order valence-corrected chi connectivity index (χ4v) is 6.42. The number of hydrogen-bond donors (Lipinski definition) is 1. The molecule has 5 heteroatoms. The van der Waals surface area contributed by atoms with Crippen molar-refractivity contribution in [1.29, 1.82) is 0 Å². The highest BCUT2D eigenvalue weighted by molar-refractivity contribution is 5.70. The second-order valence-electron chi connectivity index (χ2n) is 15.5. The van der Waals surface area contributed by atoms with E-state index in [0.29, 0.717) is 12.8 Å². The average molecular weight is 793 g/mol.